The van der Waals surface area contributed by atoms with Gasteiger partial charge in [0.15, 0.2) is 0 Å². The van der Waals surface area contributed by atoms with Crippen LogP contribution in [-0.4, -0.2) is 16.7 Å². The van der Waals surface area contributed by atoms with Gasteiger partial charge in [0.2, 0.25) is 0 Å². The third-order valence-electron chi connectivity index (χ3n) is 3.20. The molecular formula is C15H11FN2O2. The highest BCUT2D eigenvalue weighted by Crippen LogP contribution is 2.30. The molecule has 2 aromatic rings. The number of benzene rings is 1. The maximum Gasteiger partial charge on any atom is 0.299 e. The van der Waals surface area contributed by atoms with E-state index in [0.717, 1.165) is 11.8 Å². The van der Waals surface area contributed by atoms with E-state index in [0.29, 0.717) is 11.4 Å². The zero-order valence-corrected chi connectivity index (χ0v) is 10.8. The number of nitrogens with zero attached hydrogens (tertiary/aromatic N) is 2. The molecule has 0 fully saturated rings. The molecule has 0 N–H and O–H groups in total. The van der Waals surface area contributed by atoms with Gasteiger partial charge < -0.3 is 0 Å². The summed E-state index contributed by atoms with van der Waals surface area (Å²) >= 11 is 0. The quantitative estimate of drug-likeness (QED) is 0.786. The van der Waals surface area contributed by atoms with Crippen LogP contribution in [0, 0.1) is 12.7 Å². The van der Waals surface area contributed by atoms with Crippen LogP contribution in [0.3, 0.4) is 0 Å². The predicted molar refractivity (Wildman–Crippen MR) is 70.9 cm³/mol. The molecule has 1 aliphatic heterocycles. The molecular weight excluding hydrogens is 259 g/mol. The van der Waals surface area contributed by atoms with Crippen molar-refractivity contribution in [3.63, 3.8) is 0 Å². The summed E-state index contributed by atoms with van der Waals surface area (Å²) in [7, 11) is 0. The highest BCUT2D eigenvalue weighted by Gasteiger charge is 2.36. The van der Waals surface area contributed by atoms with Crippen molar-refractivity contribution < 1.29 is 14.0 Å². The molecule has 5 heteroatoms. The lowest BCUT2D eigenvalue weighted by molar-refractivity contribution is -0.114. The van der Waals surface area contributed by atoms with Gasteiger partial charge in [0.1, 0.15) is 5.82 Å². The molecule has 2 heterocycles. The maximum atomic E-state index is 13.2. The normalized spacial score (nSPS) is 13.8. The molecule has 0 spiro atoms. The first-order chi connectivity index (χ1) is 9.56. The molecule has 100 valence electrons. The minimum atomic E-state index is -0.674. The van der Waals surface area contributed by atoms with Gasteiger partial charge in [0.25, 0.3) is 11.7 Å². The van der Waals surface area contributed by atoms with Gasteiger partial charge in [-0.3, -0.25) is 19.5 Å². The number of pyridine rings is 1. The summed E-state index contributed by atoms with van der Waals surface area (Å²) in [4.78, 5) is 29.5. The van der Waals surface area contributed by atoms with Gasteiger partial charge in [0.05, 0.1) is 23.5 Å². The Labute approximate surface area is 114 Å². The molecule has 0 unspecified atom stereocenters. The number of amides is 1. The van der Waals surface area contributed by atoms with Gasteiger partial charge in [0, 0.05) is 5.69 Å². The molecule has 0 aliphatic carbocycles. The number of aromatic nitrogens is 1. The SMILES string of the molecule is Cc1cccc(CN2C(=O)C(=O)c3cc(F)ccc32)n1. The largest absolute Gasteiger partial charge is 0.299 e. The summed E-state index contributed by atoms with van der Waals surface area (Å²) in [6.07, 6.45) is 0. The molecule has 0 saturated heterocycles. The van der Waals surface area contributed by atoms with Crippen molar-refractivity contribution in [2.24, 2.45) is 0 Å². The topological polar surface area (TPSA) is 50.3 Å². The Balaban J connectivity index is 1.99. The van der Waals surface area contributed by atoms with Crippen LogP contribution in [0.1, 0.15) is 21.7 Å². The van der Waals surface area contributed by atoms with Crippen molar-refractivity contribution in [1.29, 1.82) is 0 Å². The third kappa shape index (κ3) is 1.97. The molecule has 0 atom stereocenters. The molecule has 1 amide bonds. The van der Waals surface area contributed by atoms with E-state index >= 15 is 0 Å². The van der Waals surface area contributed by atoms with Crippen LogP contribution in [-0.2, 0) is 11.3 Å². The molecule has 20 heavy (non-hydrogen) atoms. The average Bonchev–Trinajstić information content (AvgIpc) is 2.64. The molecule has 0 radical (unpaired) electrons. The number of carbonyl (C=O) groups is 2. The number of hydrogen-bond acceptors (Lipinski definition) is 3. The number of halogens is 1. The number of ketones is 1. The van der Waals surface area contributed by atoms with Crippen molar-refractivity contribution in [2.75, 3.05) is 4.90 Å². The molecule has 0 bridgehead atoms. The number of rotatable bonds is 2. The van der Waals surface area contributed by atoms with Gasteiger partial charge in [-0.05, 0) is 37.3 Å². The van der Waals surface area contributed by atoms with Gasteiger partial charge in [-0.2, -0.15) is 0 Å². The first-order valence-electron chi connectivity index (χ1n) is 6.14. The second-order valence-electron chi connectivity index (χ2n) is 4.65. The van der Waals surface area contributed by atoms with Crippen molar-refractivity contribution in [3.8, 4) is 0 Å². The van der Waals surface area contributed by atoms with Crippen LogP contribution in [0.5, 0.6) is 0 Å². The smallest absolute Gasteiger partial charge is 0.299 e. The number of hydrogen-bond donors (Lipinski definition) is 0. The number of aryl methyl sites for hydroxylation is 1. The molecule has 1 aliphatic rings. The van der Waals surface area contributed by atoms with Gasteiger partial charge in [-0.15, -0.1) is 0 Å². The highest BCUT2D eigenvalue weighted by atomic mass is 19.1. The summed E-state index contributed by atoms with van der Waals surface area (Å²) in [6.45, 7) is 2.05. The Hall–Kier alpha value is -2.56. The van der Waals surface area contributed by atoms with E-state index < -0.39 is 17.5 Å². The van der Waals surface area contributed by atoms with Crippen LogP contribution in [0.4, 0.5) is 10.1 Å². The van der Waals surface area contributed by atoms with E-state index in [-0.39, 0.29) is 12.1 Å². The standard InChI is InChI=1S/C15H11FN2O2/c1-9-3-2-4-11(17-9)8-18-13-6-5-10(16)7-12(13)14(19)15(18)20/h2-7H,8H2,1H3. The third-order valence-corrected chi connectivity index (χ3v) is 3.20. The average molecular weight is 270 g/mol. The zero-order chi connectivity index (χ0) is 14.3. The Morgan fingerprint density at radius 1 is 1.20 bits per heavy atom. The second-order valence-corrected chi connectivity index (χ2v) is 4.65. The van der Waals surface area contributed by atoms with Crippen LogP contribution in [0.15, 0.2) is 36.4 Å². The lowest BCUT2D eigenvalue weighted by Crippen LogP contribution is -2.29. The van der Waals surface area contributed by atoms with Crippen molar-refractivity contribution in [2.45, 2.75) is 13.5 Å². The van der Waals surface area contributed by atoms with Crippen molar-refractivity contribution >= 4 is 17.4 Å². The monoisotopic (exact) mass is 270 g/mol. The molecule has 3 rings (SSSR count). The fourth-order valence-corrected chi connectivity index (χ4v) is 2.28. The Kier molecular flexibility index (Phi) is 2.82. The summed E-state index contributed by atoms with van der Waals surface area (Å²) in [5.74, 6) is -1.85. The Morgan fingerprint density at radius 2 is 2.00 bits per heavy atom. The maximum absolute atomic E-state index is 13.2. The fraction of sp³-hybridized carbons (Fsp3) is 0.133. The zero-order valence-electron chi connectivity index (χ0n) is 10.8. The van der Waals surface area contributed by atoms with Crippen LogP contribution >= 0.6 is 0 Å². The summed E-state index contributed by atoms with van der Waals surface area (Å²) in [5.41, 5.74) is 2.07. The summed E-state index contributed by atoms with van der Waals surface area (Å²) < 4.78 is 13.2. The molecule has 1 aromatic heterocycles. The van der Waals surface area contributed by atoms with E-state index in [1.165, 1.54) is 17.0 Å². The fourth-order valence-electron chi connectivity index (χ4n) is 2.28. The van der Waals surface area contributed by atoms with E-state index in [1.807, 2.05) is 19.1 Å². The second kappa shape index (κ2) is 4.52. The lowest BCUT2D eigenvalue weighted by atomic mass is 10.1. The van der Waals surface area contributed by atoms with Crippen LogP contribution < -0.4 is 4.90 Å². The van der Waals surface area contributed by atoms with Crippen molar-refractivity contribution in [3.05, 3.63) is 59.2 Å². The number of anilines is 1. The lowest BCUT2D eigenvalue weighted by Gasteiger charge is -2.16. The first-order valence-corrected chi connectivity index (χ1v) is 6.14. The van der Waals surface area contributed by atoms with Crippen LogP contribution in [0.2, 0.25) is 0 Å². The van der Waals surface area contributed by atoms with E-state index in [2.05, 4.69) is 4.98 Å². The van der Waals surface area contributed by atoms with Gasteiger partial charge in [-0.1, -0.05) is 6.07 Å². The Bertz CT molecular complexity index is 728. The molecule has 4 nitrogen and oxygen atoms in total. The number of Topliss-reactive ketones (excluding diaryl/α,β-unsaturated/α-hetero) is 1. The number of fused-ring (bicyclic) bond motifs is 1. The summed E-state index contributed by atoms with van der Waals surface area (Å²) in [5, 5.41) is 0. The molecule has 1 aromatic carbocycles. The Morgan fingerprint density at radius 3 is 2.75 bits per heavy atom. The van der Waals surface area contributed by atoms with E-state index in [1.54, 1.807) is 6.07 Å². The van der Waals surface area contributed by atoms with Gasteiger partial charge in [-0.25, -0.2) is 4.39 Å². The first kappa shape index (κ1) is 12.5. The number of carbonyl (C=O) groups excluding carboxylic acids is 2. The summed E-state index contributed by atoms with van der Waals surface area (Å²) in [6, 6.07) is 9.26. The van der Waals surface area contributed by atoms with Gasteiger partial charge >= 0.3 is 0 Å². The molecule has 0 saturated carbocycles. The van der Waals surface area contributed by atoms with E-state index in [9.17, 15) is 14.0 Å². The minimum Gasteiger partial charge on any atom is -0.299 e. The minimum absolute atomic E-state index is 0.114. The van der Waals surface area contributed by atoms with E-state index in [4.69, 9.17) is 0 Å². The predicted octanol–water partition coefficient (Wildman–Crippen LogP) is 2.26. The van der Waals surface area contributed by atoms with Crippen LogP contribution in [0.25, 0.3) is 0 Å². The van der Waals surface area contributed by atoms with Crippen molar-refractivity contribution in [1.82, 2.24) is 4.98 Å². The highest BCUT2D eigenvalue weighted by molar-refractivity contribution is 6.52.